The molecule has 15 heavy (non-hydrogen) atoms. The zero-order chi connectivity index (χ0) is 11.3. The van der Waals surface area contributed by atoms with Gasteiger partial charge in [0.05, 0.1) is 10.9 Å². The molecule has 82 valence electrons. The number of benzene rings is 1. The fraction of sp³-hybridized carbons (Fsp3) is 0.300. The summed E-state index contributed by atoms with van der Waals surface area (Å²) in [5, 5.41) is 0.258. The maximum Gasteiger partial charge on any atom is 0.228 e. The van der Waals surface area contributed by atoms with Crippen molar-refractivity contribution < 1.29 is 13.9 Å². The second-order valence-corrected chi connectivity index (χ2v) is 3.48. The first-order chi connectivity index (χ1) is 7.19. The Kier molecular flexibility index (Phi) is 4.85. The van der Waals surface area contributed by atoms with Gasteiger partial charge in [-0.1, -0.05) is 23.7 Å². The van der Waals surface area contributed by atoms with Gasteiger partial charge in [0.25, 0.3) is 0 Å². The van der Waals surface area contributed by atoms with E-state index in [2.05, 4.69) is 4.74 Å². The summed E-state index contributed by atoms with van der Waals surface area (Å²) in [7, 11) is 0. The Morgan fingerprint density at radius 1 is 1.47 bits per heavy atom. The van der Waals surface area contributed by atoms with E-state index in [0.29, 0.717) is 5.56 Å². The molecule has 2 nitrogen and oxygen atoms in total. The van der Waals surface area contributed by atoms with Crippen molar-refractivity contribution in [2.45, 2.75) is 6.42 Å². The molecule has 0 saturated heterocycles. The van der Waals surface area contributed by atoms with Crippen molar-refractivity contribution in [2.75, 3.05) is 12.7 Å². The first kappa shape index (κ1) is 12.3. The highest BCUT2D eigenvalue weighted by atomic mass is 35.5. The molecule has 0 heterocycles. The van der Waals surface area contributed by atoms with Crippen molar-refractivity contribution >= 4 is 29.0 Å². The molecule has 0 unspecified atom stereocenters. The standard InChI is InChI=1S/C10H9Cl2FO2/c11-5-8(14)4-7-2-1-3-9(10(7)12)15-6-13/h1-3H,4-6H2. The van der Waals surface area contributed by atoms with Crippen LogP contribution in [0, 0.1) is 0 Å². The van der Waals surface area contributed by atoms with Gasteiger partial charge in [-0.3, -0.25) is 4.79 Å². The number of hydrogen-bond donors (Lipinski definition) is 0. The van der Waals surface area contributed by atoms with Crippen molar-refractivity contribution in [3.05, 3.63) is 28.8 Å². The highest BCUT2D eigenvalue weighted by molar-refractivity contribution is 6.33. The van der Waals surface area contributed by atoms with Crippen LogP contribution in [0.5, 0.6) is 5.75 Å². The van der Waals surface area contributed by atoms with Gasteiger partial charge in [-0.25, -0.2) is 4.39 Å². The number of halogens is 3. The highest BCUT2D eigenvalue weighted by Gasteiger charge is 2.10. The van der Waals surface area contributed by atoms with E-state index < -0.39 is 6.86 Å². The zero-order valence-corrected chi connectivity index (χ0v) is 9.32. The quantitative estimate of drug-likeness (QED) is 0.752. The minimum absolute atomic E-state index is 0.0650. The molecule has 0 amide bonds. The van der Waals surface area contributed by atoms with Gasteiger partial charge >= 0.3 is 0 Å². The van der Waals surface area contributed by atoms with Gasteiger partial charge in [-0.15, -0.1) is 11.6 Å². The molecule has 0 aliphatic heterocycles. The van der Waals surface area contributed by atoms with Gasteiger partial charge in [-0.05, 0) is 11.6 Å². The van der Waals surface area contributed by atoms with Crippen LogP contribution in [0.25, 0.3) is 0 Å². The van der Waals surface area contributed by atoms with Gasteiger partial charge in [0.15, 0.2) is 5.78 Å². The van der Waals surface area contributed by atoms with Crippen molar-refractivity contribution in [1.29, 1.82) is 0 Å². The summed E-state index contributed by atoms with van der Waals surface area (Å²) in [5.74, 6) is 0.0276. The van der Waals surface area contributed by atoms with E-state index in [1.807, 2.05) is 0 Å². The predicted octanol–water partition coefficient (Wildman–Crippen LogP) is 3.00. The van der Waals surface area contributed by atoms with Crippen molar-refractivity contribution in [3.8, 4) is 5.75 Å². The van der Waals surface area contributed by atoms with Crippen LogP contribution < -0.4 is 4.74 Å². The normalized spacial score (nSPS) is 10.1. The maximum absolute atomic E-state index is 12.0. The van der Waals surface area contributed by atoms with E-state index in [4.69, 9.17) is 23.2 Å². The molecule has 0 fully saturated rings. The number of carbonyl (C=O) groups excluding carboxylic acids is 1. The summed E-state index contributed by atoms with van der Waals surface area (Å²) in [5.41, 5.74) is 0.591. The Morgan fingerprint density at radius 3 is 2.80 bits per heavy atom. The van der Waals surface area contributed by atoms with E-state index in [0.717, 1.165) is 0 Å². The molecule has 0 aliphatic rings. The Bertz CT molecular complexity index is 355. The Labute approximate surface area is 96.9 Å². The van der Waals surface area contributed by atoms with Crippen LogP contribution in [0.1, 0.15) is 5.56 Å². The van der Waals surface area contributed by atoms with Crippen LogP contribution in [0.4, 0.5) is 4.39 Å². The molecule has 0 N–H and O–H groups in total. The molecule has 1 aromatic rings. The average Bonchev–Trinajstić information content (AvgIpc) is 2.24. The largest absolute Gasteiger partial charge is 0.461 e. The number of alkyl halides is 2. The molecule has 0 radical (unpaired) electrons. The third-order valence-corrected chi connectivity index (χ3v) is 2.52. The van der Waals surface area contributed by atoms with Crippen molar-refractivity contribution in [2.24, 2.45) is 0 Å². The average molecular weight is 251 g/mol. The molecule has 0 spiro atoms. The summed E-state index contributed by atoms with van der Waals surface area (Å²) in [6.07, 6.45) is 0.131. The second kappa shape index (κ2) is 5.93. The van der Waals surface area contributed by atoms with Crippen molar-refractivity contribution in [3.63, 3.8) is 0 Å². The molecule has 0 atom stereocenters. The van der Waals surface area contributed by atoms with Gasteiger partial charge < -0.3 is 4.74 Å². The van der Waals surface area contributed by atoms with Crippen LogP contribution in [-0.2, 0) is 11.2 Å². The minimum Gasteiger partial charge on any atom is -0.461 e. The lowest BCUT2D eigenvalue weighted by atomic mass is 10.1. The third-order valence-electron chi connectivity index (χ3n) is 1.79. The Hall–Kier alpha value is -0.800. The molecule has 0 bridgehead atoms. The number of carbonyl (C=O) groups is 1. The molecule has 1 rings (SSSR count). The maximum atomic E-state index is 12.0. The number of hydrogen-bond acceptors (Lipinski definition) is 2. The van der Waals surface area contributed by atoms with E-state index in [1.54, 1.807) is 12.1 Å². The van der Waals surface area contributed by atoms with E-state index in [-0.39, 0.29) is 28.9 Å². The SMILES string of the molecule is O=C(CCl)Cc1cccc(OCF)c1Cl. The monoisotopic (exact) mass is 250 g/mol. The van der Waals surface area contributed by atoms with Gasteiger partial charge in [0.2, 0.25) is 6.86 Å². The van der Waals surface area contributed by atoms with Crippen LogP contribution in [-0.4, -0.2) is 18.5 Å². The third kappa shape index (κ3) is 3.36. The molecule has 5 heteroatoms. The zero-order valence-electron chi connectivity index (χ0n) is 7.80. The number of ether oxygens (including phenoxy) is 1. The molecular formula is C10H9Cl2FO2. The minimum atomic E-state index is -0.952. The summed E-state index contributed by atoms with van der Waals surface area (Å²) in [6, 6.07) is 4.86. The number of rotatable bonds is 5. The second-order valence-electron chi connectivity index (χ2n) is 2.83. The summed E-state index contributed by atoms with van der Waals surface area (Å²) >= 11 is 11.3. The fourth-order valence-corrected chi connectivity index (χ4v) is 1.46. The summed E-state index contributed by atoms with van der Waals surface area (Å²) in [6.45, 7) is -0.952. The smallest absolute Gasteiger partial charge is 0.228 e. The number of Topliss-reactive ketones (excluding diaryl/α,β-unsaturated/α-hetero) is 1. The van der Waals surface area contributed by atoms with Crippen LogP contribution in [0.15, 0.2) is 18.2 Å². The molecule has 1 aromatic carbocycles. The number of ketones is 1. The van der Waals surface area contributed by atoms with Crippen LogP contribution in [0.2, 0.25) is 5.02 Å². The van der Waals surface area contributed by atoms with Gasteiger partial charge in [-0.2, -0.15) is 0 Å². The Balaban J connectivity index is 2.88. The van der Waals surface area contributed by atoms with E-state index in [9.17, 15) is 9.18 Å². The van der Waals surface area contributed by atoms with Gasteiger partial charge in [0, 0.05) is 6.42 Å². The first-order valence-corrected chi connectivity index (χ1v) is 5.14. The topological polar surface area (TPSA) is 26.3 Å². The van der Waals surface area contributed by atoms with Gasteiger partial charge in [0.1, 0.15) is 5.75 Å². The molecule has 0 aliphatic carbocycles. The summed E-state index contributed by atoms with van der Waals surface area (Å²) < 4.78 is 16.6. The molecule has 0 saturated carbocycles. The lowest BCUT2D eigenvalue weighted by molar-refractivity contribution is -0.116. The lowest BCUT2D eigenvalue weighted by Gasteiger charge is -2.07. The predicted molar refractivity (Wildman–Crippen MR) is 57.5 cm³/mol. The van der Waals surface area contributed by atoms with E-state index >= 15 is 0 Å². The first-order valence-electron chi connectivity index (χ1n) is 4.23. The van der Waals surface area contributed by atoms with Crippen molar-refractivity contribution in [1.82, 2.24) is 0 Å². The fourth-order valence-electron chi connectivity index (χ4n) is 1.12. The van der Waals surface area contributed by atoms with Crippen LogP contribution >= 0.6 is 23.2 Å². The molecule has 0 aromatic heterocycles. The van der Waals surface area contributed by atoms with Crippen LogP contribution in [0.3, 0.4) is 0 Å². The highest BCUT2D eigenvalue weighted by Crippen LogP contribution is 2.28. The Morgan fingerprint density at radius 2 is 2.20 bits per heavy atom. The lowest BCUT2D eigenvalue weighted by Crippen LogP contribution is -2.04. The summed E-state index contributed by atoms with van der Waals surface area (Å²) in [4.78, 5) is 11.1. The molecular weight excluding hydrogens is 242 g/mol. The van der Waals surface area contributed by atoms with E-state index in [1.165, 1.54) is 6.07 Å².